The second kappa shape index (κ2) is 9.55. The van der Waals surface area contributed by atoms with Crippen LogP contribution in [-0.4, -0.2) is 43.1 Å². The highest BCUT2D eigenvalue weighted by molar-refractivity contribution is 6.04. The van der Waals surface area contributed by atoms with E-state index in [1.54, 1.807) is 76.3 Å². The van der Waals surface area contributed by atoms with Gasteiger partial charge in [-0.3, -0.25) is 4.79 Å². The molecule has 0 saturated heterocycles. The minimum Gasteiger partial charge on any atom is -0.497 e. The molecule has 0 bridgehead atoms. The molecule has 1 aliphatic rings. The molecule has 0 unspecified atom stereocenters. The number of hydrogen-bond donors (Lipinski definition) is 2. The number of esters is 1. The highest BCUT2D eigenvalue weighted by Gasteiger charge is 2.35. The zero-order valence-corrected chi connectivity index (χ0v) is 18.8. The number of hydrogen-bond acceptors (Lipinski definition) is 5. The summed E-state index contributed by atoms with van der Waals surface area (Å²) in [7, 11) is 3.13. The van der Waals surface area contributed by atoms with Crippen LogP contribution in [-0.2, 0) is 9.53 Å². The van der Waals surface area contributed by atoms with Crippen LogP contribution in [0.3, 0.4) is 0 Å². The number of allylic oxidation sites excluding steroid dienone is 1. The Bertz CT molecular complexity index is 1080. The molecule has 8 nitrogen and oxygen atoms in total. The first-order valence-electron chi connectivity index (χ1n) is 10.2. The van der Waals surface area contributed by atoms with E-state index < -0.39 is 12.0 Å². The van der Waals surface area contributed by atoms with Crippen molar-refractivity contribution in [3.05, 3.63) is 70.9 Å². The summed E-state index contributed by atoms with van der Waals surface area (Å²) >= 11 is 0. The average molecular weight is 437 g/mol. The summed E-state index contributed by atoms with van der Waals surface area (Å²) in [6, 6.07) is 12.8. The minimum absolute atomic E-state index is 0.306. The van der Waals surface area contributed by atoms with Crippen molar-refractivity contribution in [1.29, 1.82) is 0 Å². The molecule has 3 rings (SSSR count). The molecule has 1 atom stereocenters. The van der Waals surface area contributed by atoms with E-state index in [1.807, 2.05) is 0 Å². The van der Waals surface area contributed by atoms with Gasteiger partial charge in [0.15, 0.2) is 0 Å². The van der Waals surface area contributed by atoms with Crippen molar-refractivity contribution in [2.45, 2.75) is 32.9 Å². The fourth-order valence-corrected chi connectivity index (χ4v) is 3.39. The number of urea groups is 1. The second-order valence-electron chi connectivity index (χ2n) is 7.71. The third-order valence-electron chi connectivity index (χ3n) is 5.13. The normalized spacial score (nSPS) is 16.0. The Morgan fingerprint density at radius 3 is 2.53 bits per heavy atom. The molecule has 0 spiro atoms. The summed E-state index contributed by atoms with van der Waals surface area (Å²) in [6.45, 7) is 5.24. The van der Waals surface area contributed by atoms with Crippen LogP contribution < -0.4 is 15.4 Å². The smallest absolute Gasteiger partial charge is 0.338 e. The van der Waals surface area contributed by atoms with E-state index in [9.17, 15) is 14.4 Å². The summed E-state index contributed by atoms with van der Waals surface area (Å²) in [5, 5.41) is 5.69. The van der Waals surface area contributed by atoms with Gasteiger partial charge in [0.05, 0.1) is 24.8 Å². The molecule has 168 valence electrons. The van der Waals surface area contributed by atoms with Crippen LogP contribution in [0, 0.1) is 0 Å². The van der Waals surface area contributed by atoms with Gasteiger partial charge in [-0.2, -0.15) is 0 Å². The van der Waals surface area contributed by atoms with E-state index in [1.165, 1.54) is 12.0 Å². The predicted molar refractivity (Wildman–Crippen MR) is 120 cm³/mol. The molecule has 0 saturated carbocycles. The first kappa shape index (κ1) is 22.9. The molecule has 0 aliphatic carbocycles. The minimum atomic E-state index is -0.710. The summed E-state index contributed by atoms with van der Waals surface area (Å²) in [6.07, 6.45) is -0.306. The van der Waals surface area contributed by atoms with E-state index in [0.29, 0.717) is 33.8 Å². The van der Waals surface area contributed by atoms with Crippen LogP contribution in [0.2, 0.25) is 0 Å². The summed E-state index contributed by atoms with van der Waals surface area (Å²) in [5.74, 6) is -0.228. The van der Waals surface area contributed by atoms with Gasteiger partial charge in [0.1, 0.15) is 5.75 Å². The third kappa shape index (κ3) is 4.91. The van der Waals surface area contributed by atoms with Crippen LogP contribution in [0.25, 0.3) is 0 Å². The van der Waals surface area contributed by atoms with Gasteiger partial charge >= 0.3 is 12.0 Å². The number of methoxy groups -OCH3 is 1. The van der Waals surface area contributed by atoms with Crippen LogP contribution in [0.5, 0.6) is 5.75 Å². The number of ether oxygens (including phenoxy) is 2. The van der Waals surface area contributed by atoms with Crippen molar-refractivity contribution in [3.63, 3.8) is 0 Å². The van der Waals surface area contributed by atoms with E-state index >= 15 is 0 Å². The molecule has 0 fully saturated rings. The Kier molecular flexibility index (Phi) is 6.82. The van der Waals surface area contributed by atoms with Gasteiger partial charge in [-0.1, -0.05) is 18.2 Å². The zero-order chi connectivity index (χ0) is 23.4. The molecule has 0 radical (unpaired) electrons. The van der Waals surface area contributed by atoms with Crippen molar-refractivity contribution in [2.24, 2.45) is 0 Å². The topological polar surface area (TPSA) is 97.0 Å². The van der Waals surface area contributed by atoms with Gasteiger partial charge in [0.2, 0.25) is 0 Å². The van der Waals surface area contributed by atoms with E-state index in [0.717, 1.165) is 0 Å². The molecular formula is C24H27N3O5. The van der Waals surface area contributed by atoms with Gasteiger partial charge in [0.25, 0.3) is 5.91 Å². The molecule has 0 aromatic heterocycles. The number of nitrogens with one attached hydrogen (secondary N) is 2. The third-order valence-corrected chi connectivity index (χ3v) is 5.13. The van der Waals surface area contributed by atoms with E-state index in [2.05, 4.69) is 10.6 Å². The Labute approximate surface area is 187 Å². The average Bonchev–Trinajstić information content (AvgIpc) is 2.76. The van der Waals surface area contributed by atoms with Gasteiger partial charge < -0.3 is 25.0 Å². The molecule has 1 aliphatic heterocycles. The number of carbonyl (C=O) groups is 3. The molecule has 8 heteroatoms. The van der Waals surface area contributed by atoms with Crippen LogP contribution in [0.15, 0.2) is 59.8 Å². The Balaban J connectivity index is 1.91. The highest BCUT2D eigenvalue weighted by Crippen LogP contribution is 2.32. The SMILES string of the molecule is COc1cccc(C(=O)Nc2cccc([C@@H]3NC(=O)N(C)C(C)=C3C(=O)OC(C)C)c2)c1. The molecular weight excluding hydrogens is 410 g/mol. The largest absolute Gasteiger partial charge is 0.497 e. The lowest BCUT2D eigenvalue weighted by atomic mass is 9.94. The number of amides is 3. The van der Waals surface area contributed by atoms with E-state index in [4.69, 9.17) is 9.47 Å². The fraction of sp³-hybridized carbons (Fsp3) is 0.292. The first-order chi connectivity index (χ1) is 15.2. The number of carbonyl (C=O) groups excluding carboxylic acids is 3. The van der Waals surface area contributed by atoms with Crippen molar-refractivity contribution < 1.29 is 23.9 Å². The predicted octanol–water partition coefficient (Wildman–Crippen LogP) is 3.87. The maximum atomic E-state index is 12.8. The molecule has 2 aromatic carbocycles. The number of rotatable bonds is 6. The van der Waals surface area contributed by atoms with Gasteiger partial charge in [-0.25, -0.2) is 9.59 Å². The quantitative estimate of drug-likeness (QED) is 0.669. The lowest BCUT2D eigenvalue weighted by Gasteiger charge is -2.33. The maximum Gasteiger partial charge on any atom is 0.338 e. The molecule has 3 amide bonds. The van der Waals surface area contributed by atoms with Crippen LogP contribution in [0.4, 0.5) is 10.5 Å². The second-order valence-corrected chi connectivity index (χ2v) is 7.71. The maximum absolute atomic E-state index is 12.8. The van der Waals surface area contributed by atoms with Gasteiger partial charge in [-0.05, 0) is 56.7 Å². The van der Waals surface area contributed by atoms with Gasteiger partial charge in [-0.15, -0.1) is 0 Å². The van der Waals surface area contributed by atoms with Crippen LogP contribution in [0.1, 0.15) is 42.7 Å². The summed E-state index contributed by atoms with van der Waals surface area (Å²) in [5.41, 5.74) is 2.47. The first-order valence-corrected chi connectivity index (χ1v) is 10.2. The standard InChI is InChI=1S/C24H27N3O5/c1-14(2)32-23(29)20-15(3)27(4)24(30)26-21(20)16-8-6-10-18(12-16)25-22(28)17-9-7-11-19(13-17)31-5/h6-14,21H,1-5H3,(H,25,28)(H,26,30)/t21-/m0/s1. The van der Waals surface area contributed by atoms with Gasteiger partial charge in [0, 0.05) is 24.0 Å². The van der Waals surface area contributed by atoms with Crippen LogP contribution >= 0.6 is 0 Å². The zero-order valence-electron chi connectivity index (χ0n) is 18.8. The highest BCUT2D eigenvalue weighted by atomic mass is 16.5. The summed E-state index contributed by atoms with van der Waals surface area (Å²) < 4.78 is 10.6. The van der Waals surface area contributed by atoms with E-state index in [-0.39, 0.29) is 18.0 Å². The Morgan fingerprint density at radius 2 is 1.84 bits per heavy atom. The van der Waals surface area contributed by atoms with Crippen molar-refractivity contribution in [2.75, 3.05) is 19.5 Å². The Hall–Kier alpha value is -3.81. The van der Waals surface area contributed by atoms with Crippen molar-refractivity contribution in [3.8, 4) is 5.75 Å². The Morgan fingerprint density at radius 1 is 1.12 bits per heavy atom. The molecule has 1 heterocycles. The number of anilines is 1. The fourth-order valence-electron chi connectivity index (χ4n) is 3.39. The molecule has 2 aromatic rings. The summed E-state index contributed by atoms with van der Waals surface area (Å²) in [4.78, 5) is 39.3. The lowest BCUT2D eigenvalue weighted by molar-refractivity contribution is -0.143. The molecule has 32 heavy (non-hydrogen) atoms. The van der Waals surface area contributed by atoms with Crippen molar-refractivity contribution >= 4 is 23.6 Å². The molecule has 2 N–H and O–H groups in total. The number of nitrogens with zero attached hydrogens (tertiary/aromatic N) is 1. The number of benzene rings is 2. The monoisotopic (exact) mass is 437 g/mol. The van der Waals surface area contributed by atoms with Crippen molar-refractivity contribution in [1.82, 2.24) is 10.2 Å². The lowest BCUT2D eigenvalue weighted by Crippen LogP contribution is -2.46.